The van der Waals surface area contributed by atoms with E-state index in [2.05, 4.69) is 4.98 Å². The van der Waals surface area contributed by atoms with Gasteiger partial charge in [-0.05, 0) is 9.91 Å². The van der Waals surface area contributed by atoms with Crippen molar-refractivity contribution in [3.8, 4) is 0 Å². The Bertz CT molecular complexity index is 346. The van der Waals surface area contributed by atoms with Crippen LogP contribution < -0.4 is 0 Å². The summed E-state index contributed by atoms with van der Waals surface area (Å²) in [7, 11) is 1.41. The van der Waals surface area contributed by atoms with Crippen molar-refractivity contribution >= 4 is 16.9 Å². The summed E-state index contributed by atoms with van der Waals surface area (Å²) < 4.78 is 20.3. The lowest BCUT2D eigenvalue weighted by Crippen LogP contribution is -2.01. The number of aromatic nitrogens is 2. The van der Waals surface area contributed by atoms with E-state index >= 15 is 0 Å². The van der Waals surface area contributed by atoms with Gasteiger partial charge in [-0.3, -0.25) is 4.57 Å². The highest BCUT2D eigenvalue weighted by Crippen LogP contribution is 2.17. The summed E-state index contributed by atoms with van der Waals surface area (Å²) >= 11 is -2.38. The largest absolute Gasteiger partial charge is 0.401 e. The first-order valence-electron chi connectivity index (χ1n) is 2.80. The Hall–Kier alpha value is -1.28. The van der Waals surface area contributed by atoms with Gasteiger partial charge in [0.15, 0.2) is 0 Å². The van der Waals surface area contributed by atoms with Gasteiger partial charge in [-0.25, -0.2) is 4.21 Å². The molecule has 0 saturated heterocycles. The van der Waals surface area contributed by atoms with E-state index in [1.54, 1.807) is 0 Å². The van der Waals surface area contributed by atoms with Crippen LogP contribution >= 0.6 is 0 Å². The first kappa shape index (κ1) is 8.81. The van der Waals surface area contributed by atoms with Crippen LogP contribution in [-0.2, 0) is 18.1 Å². The summed E-state index contributed by atoms with van der Waals surface area (Å²) in [6, 6.07) is 0. The second kappa shape index (κ2) is 2.99. The highest BCUT2D eigenvalue weighted by atomic mass is 32.2. The molecule has 0 amide bonds. The Balaban J connectivity index is 3.31. The lowest BCUT2D eigenvalue weighted by molar-refractivity contribution is -0.392. The Morgan fingerprint density at radius 1 is 1.83 bits per heavy atom. The van der Waals surface area contributed by atoms with Crippen molar-refractivity contribution in [3.05, 3.63) is 16.4 Å². The summed E-state index contributed by atoms with van der Waals surface area (Å²) in [4.78, 5) is 12.8. The SMILES string of the molecule is Cn1cnc([N+](=O)[O-])c1S(=O)O. The van der Waals surface area contributed by atoms with Crippen LogP contribution in [0.5, 0.6) is 0 Å². The van der Waals surface area contributed by atoms with Gasteiger partial charge < -0.3 is 14.7 Å². The standard InChI is InChI=1S/C4H5N3O4S/c1-6-2-5-3(7(8)9)4(6)12(10)11/h2H,1H3,(H,10,11). The molecule has 0 saturated carbocycles. The van der Waals surface area contributed by atoms with Gasteiger partial charge in [0.2, 0.25) is 22.4 Å². The quantitative estimate of drug-likeness (QED) is 0.400. The summed E-state index contributed by atoms with van der Waals surface area (Å²) in [6.45, 7) is 0. The molecule has 0 aliphatic rings. The fourth-order valence-corrected chi connectivity index (χ4v) is 1.31. The molecule has 1 unspecified atom stereocenters. The Kier molecular flexibility index (Phi) is 2.20. The third-order valence-corrected chi connectivity index (χ3v) is 2.00. The van der Waals surface area contributed by atoms with Gasteiger partial charge in [-0.15, -0.1) is 0 Å². The molecule has 0 spiro atoms. The molecule has 0 bridgehead atoms. The predicted octanol–water partition coefficient (Wildman–Crippen LogP) is -0.0911. The van der Waals surface area contributed by atoms with Crippen molar-refractivity contribution < 1.29 is 13.7 Å². The molecule has 0 aromatic carbocycles. The molecule has 8 heteroatoms. The van der Waals surface area contributed by atoms with Crippen molar-refractivity contribution in [2.75, 3.05) is 0 Å². The van der Waals surface area contributed by atoms with Gasteiger partial charge in [0, 0.05) is 7.05 Å². The van der Waals surface area contributed by atoms with E-state index < -0.39 is 21.8 Å². The Morgan fingerprint density at radius 2 is 2.42 bits per heavy atom. The van der Waals surface area contributed by atoms with Gasteiger partial charge in [-0.1, -0.05) is 0 Å². The average molecular weight is 191 g/mol. The van der Waals surface area contributed by atoms with Crippen molar-refractivity contribution in [3.63, 3.8) is 0 Å². The lowest BCUT2D eigenvalue weighted by atomic mass is 10.8. The summed E-state index contributed by atoms with van der Waals surface area (Å²) in [6.07, 6.45) is 1.11. The second-order valence-corrected chi connectivity index (χ2v) is 2.88. The summed E-state index contributed by atoms with van der Waals surface area (Å²) in [5.41, 5.74) is 0. The molecule has 1 aromatic heterocycles. The number of aryl methyl sites for hydroxylation is 1. The first-order valence-corrected chi connectivity index (χ1v) is 3.91. The third kappa shape index (κ3) is 1.34. The zero-order valence-electron chi connectivity index (χ0n) is 6.00. The zero-order valence-corrected chi connectivity index (χ0v) is 6.82. The van der Waals surface area contributed by atoms with E-state index in [0.717, 1.165) is 10.9 Å². The molecule has 66 valence electrons. The molecular formula is C4H5N3O4S. The zero-order chi connectivity index (χ0) is 9.30. The summed E-state index contributed by atoms with van der Waals surface area (Å²) in [5.74, 6) is -0.585. The Morgan fingerprint density at radius 3 is 2.75 bits per heavy atom. The van der Waals surface area contributed by atoms with Crippen LogP contribution in [0.4, 0.5) is 5.82 Å². The molecular weight excluding hydrogens is 186 g/mol. The summed E-state index contributed by atoms with van der Waals surface area (Å²) in [5, 5.41) is 9.92. The van der Waals surface area contributed by atoms with Crippen LogP contribution in [0.1, 0.15) is 0 Å². The van der Waals surface area contributed by atoms with Gasteiger partial charge in [0.05, 0.1) is 0 Å². The predicted molar refractivity (Wildman–Crippen MR) is 38.9 cm³/mol. The van der Waals surface area contributed by atoms with E-state index in [4.69, 9.17) is 4.55 Å². The number of hydrogen-bond donors (Lipinski definition) is 1. The molecule has 0 fully saturated rings. The van der Waals surface area contributed by atoms with Crippen molar-refractivity contribution in [1.29, 1.82) is 0 Å². The van der Waals surface area contributed by atoms with Crippen molar-refractivity contribution in [2.45, 2.75) is 5.03 Å². The van der Waals surface area contributed by atoms with E-state index in [9.17, 15) is 14.3 Å². The molecule has 1 N–H and O–H groups in total. The molecule has 0 radical (unpaired) electrons. The van der Waals surface area contributed by atoms with Crippen LogP contribution in [-0.4, -0.2) is 23.2 Å². The van der Waals surface area contributed by atoms with Crippen molar-refractivity contribution in [2.24, 2.45) is 7.05 Å². The second-order valence-electron chi connectivity index (χ2n) is 1.99. The Labute approximate surface area is 69.5 Å². The molecule has 1 rings (SSSR count). The monoisotopic (exact) mass is 191 g/mol. The van der Waals surface area contributed by atoms with Gasteiger partial charge in [0.25, 0.3) is 0 Å². The highest BCUT2D eigenvalue weighted by molar-refractivity contribution is 7.79. The molecule has 1 aromatic rings. The third-order valence-electron chi connectivity index (χ3n) is 1.20. The maximum atomic E-state index is 10.6. The minimum atomic E-state index is -2.38. The van der Waals surface area contributed by atoms with Gasteiger partial charge in [0.1, 0.15) is 0 Å². The van der Waals surface area contributed by atoms with Crippen molar-refractivity contribution in [1.82, 2.24) is 9.55 Å². The molecule has 12 heavy (non-hydrogen) atoms. The number of nitro groups is 1. The average Bonchev–Trinajstić information content (AvgIpc) is 2.30. The normalized spacial score (nSPS) is 12.8. The molecule has 7 nitrogen and oxygen atoms in total. The van der Waals surface area contributed by atoms with Gasteiger partial charge >= 0.3 is 5.82 Å². The van der Waals surface area contributed by atoms with Crippen LogP contribution in [0.15, 0.2) is 11.4 Å². The van der Waals surface area contributed by atoms with Crippen LogP contribution in [0.2, 0.25) is 0 Å². The maximum absolute atomic E-state index is 10.6. The van der Waals surface area contributed by atoms with Gasteiger partial charge in [-0.2, -0.15) is 0 Å². The van der Waals surface area contributed by atoms with E-state index in [1.165, 1.54) is 7.05 Å². The molecule has 1 heterocycles. The lowest BCUT2D eigenvalue weighted by Gasteiger charge is -1.94. The molecule has 1 atom stereocenters. The van der Waals surface area contributed by atoms with Crippen LogP contribution in [0.25, 0.3) is 0 Å². The number of nitrogens with zero attached hydrogens (tertiary/aromatic N) is 3. The first-order chi connectivity index (χ1) is 5.54. The molecule has 0 aliphatic heterocycles. The van der Waals surface area contributed by atoms with E-state index in [1.807, 2.05) is 0 Å². The minimum absolute atomic E-state index is 0.306. The highest BCUT2D eigenvalue weighted by Gasteiger charge is 2.24. The fraction of sp³-hybridized carbons (Fsp3) is 0.250. The van der Waals surface area contributed by atoms with E-state index in [0.29, 0.717) is 0 Å². The fourth-order valence-electron chi connectivity index (χ4n) is 0.733. The van der Waals surface area contributed by atoms with Crippen LogP contribution in [0, 0.1) is 10.1 Å². The maximum Gasteiger partial charge on any atom is 0.401 e. The topological polar surface area (TPSA) is 98.3 Å². The van der Waals surface area contributed by atoms with Crippen LogP contribution in [0.3, 0.4) is 0 Å². The number of rotatable bonds is 2. The number of imidazole rings is 1. The molecule has 0 aliphatic carbocycles. The number of hydrogen-bond acceptors (Lipinski definition) is 4. The smallest absolute Gasteiger partial charge is 0.358 e. The van der Waals surface area contributed by atoms with E-state index in [-0.39, 0.29) is 5.03 Å². The minimum Gasteiger partial charge on any atom is -0.358 e.